The van der Waals surface area contributed by atoms with Crippen molar-refractivity contribution in [2.45, 2.75) is 51.6 Å². The Labute approximate surface area is 138 Å². The maximum atomic E-state index is 12.2. The van der Waals surface area contributed by atoms with E-state index >= 15 is 0 Å². The number of nitrogens with one attached hydrogen (secondary N) is 2. The second-order valence-electron chi connectivity index (χ2n) is 6.44. The minimum Gasteiger partial charge on any atom is -0.352 e. The van der Waals surface area contributed by atoms with Gasteiger partial charge in [0.15, 0.2) is 0 Å². The molecule has 2 rings (SSSR count). The summed E-state index contributed by atoms with van der Waals surface area (Å²) in [5.74, 6) is 0.392. The highest BCUT2D eigenvalue weighted by molar-refractivity contribution is 5.95. The molecule has 0 saturated heterocycles. The van der Waals surface area contributed by atoms with E-state index in [2.05, 4.69) is 17.6 Å². The molecule has 0 radical (unpaired) electrons. The largest absolute Gasteiger partial charge is 0.352 e. The molecule has 0 aromatic heterocycles. The van der Waals surface area contributed by atoms with Gasteiger partial charge in [-0.1, -0.05) is 37.3 Å². The first kappa shape index (κ1) is 17.3. The Morgan fingerprint density at radius 1 is 1.13 bits per heavy atom. The van der Waals surface area contributed by atoms with Crippen molar-refractivity contribution in [3.63, 3.8) is 0 Å². The summed E-state index contributed by atoms with van der Waals surface area (Å²) in [4.78, 5) is 24.0. The van der Waals surface area contributed by atoms with Gasteiger partial charge in [-0.15, -0.1) is 0 Å². The van der Waals surface area contributed by atoms with Crippen LogP contribution in [0.3, 0.4) is 0 Å². The number of hydrogen-bond acceptors (Lipinski definition) is 2. The predicted octanol–water partition coefficient (Wildman–Crippen LogP) is 2.90. The zero-order valence-corrected chi connectivity index (χ0v) is 13.9. The molecule has 124 valence electrons. The molecule has 1 aromatic carbocycles. The lowest BCUT2D eigenvalue weighted by Gasteiger charge is -2.28. The molecule has 0 aliphatic heterocycles. The number of hydrogen-bond donors (Lipinski definition) is 2. The highest BCUT2D eigenvalue weighted by Gasteiger charge is 2.22. The summed E-state index contributed by atoms with van der Waals surface area (Å²) < 4.78 is 0. The van der Waals surface area contributed by atoms with Gasteiger partial charge in [-0.2, -0.15) is 0 Å². The van der Waals surface area contributed by atoms with Gasteiger partial charge in [-0.05, 0) is 50.2 Å². The number of rotatable bonds is 5. The predicted molar refractivity (Wildman–Crippen MR) is 92.6 cm³/mol. The lowest BCUT2D eigenvalue weighted by molar-refractivity contribution is -0.127. The summed E-state index contributed by atoms with van der Waals surface area (Å²) >= 11 is 0. The van der Waals surface area contributed by atoms with Crippen LogP contribution in [-0.4, -0.2) is 23.9 Å². The van der Waals surface area contributed by atoms with Gasteiger partial charge in [-0.3, -0.25) is 9.59 Å². The van der Waals surface area contributed by atoms with E-state index in [4.69, 9.17) is 0 Å². The molecule has 0 spiro atoms. The zero-order chi connectivity index (χ0) is 16.7. The van der Waals surface area contributed by atoms with Crippen LogP contribution in [0.15, 0.2) is 36.4 Å². The first-order valence-corrected chi connectivity index (χ1v) is 8.38. The number of benzene rings is 1. The van der Waals surface area contributed by atoms with Crippen molar-refractivity contribution in [3.05, 3.63) is 42.0 Å². The summed E-state index contributed by atoms with van der Waals surface area (Å²) in [5.41, 5.74) is 0.955. The van der Waals surface area contributed by atoms with Gasteiger partial charge in [0.2, 0.25) is 11.8 Å². The molecule has 23 heavy (non-hydrogen) atoms. The van der Waals surface area contributed by atoms with Gasteiger partial charge in [0.1, 0.15) is 6.04 Å². The normalized spacial score (nSPS) is 22.5. The third kappa shape index (κ3) is 5.89. The Morgan fingerprint density at radius 3 is 2.43 bits per heavy atom. The van der Waals surface area contributed by atoms with E-state index in [1.807, 2.05) is 30.3 Å². The van der Waals surface area contributed by atoms with Crippen LogP contribution in [0.2, 0.25) is 0 Å². The summed E-state index contributed by atoms with van der Waals surface area (Å²) in [6.07, 6.45) is 7.57. The topological polar surface area (TPSA) is 58.2 Å². The highest BCUT2D eigenvalue weighted by atomic mass is 16.2. The molecule has 1 saturated carbocycles. The van der Waals surface area contributed by atoms with Crippen LogP contribution >= 0.6 is 0 Å². The summed E-state index contributed by atoms with van der Waals surface area (Å²) in [5, 5.41) is 5.75. The second kappa shape index (κ2) is 8.51. The van der Waals surface area contributed by atoms with Crippen molar-refractivity contribution in [2.24, 2.45) is 5.92 Å². The summed E-state index contributed by atoms with van der Waals surface area (Å²) in [6.45, 7) is 3.97. The third-order valence-corrected chi connectivity index (χ3v) is 4.34. The van der Waals surface area contributed by atoms with Gasteiger partial charge in [-0.25, -0.2) is 0 Å². The average molecular weight is 314 g/mol. The first-order valence-electron chi connectivity index (χ1n) is 8.38. The van der Waals surface area contributed by atoms with E-state index in [9.17, 15) is 9.59 Å². The van der Waals surface area contributed by atoms with E-state index in [0.29, 0.717) is 0 Å². The van der Waals surface area contributed by atoms with E-state index in [1.54, 1.807) is 13.0 Å². The van der Waals surface area contributed by atoms with Gasteiger partial charge in [0.25, 0.3) is 0 Å². The zero-order valence-electron chi connectivity index (χ0n) is 13.9. The molecule has 1 fully saturated rings. The molecule has 4 nitrogen and oxygen atoms in total. The van der Waals surface area contributed by atoms with Crippen molar-refractivity contribution in [2.75, 3.05) is 0 Å². The second-order valence-corrected chi connectivity index (χ2v) is 6.44. The molecule has 2 amide bonds. The van der Waals surface area contributed by atoms with Crippen molar-refractivity contribution >= 4 is 17.9 Å². The monoisotopic (exact) mass is 314 g/mol. The number of carbonyl (C=O) groups is 2. The van der Waals surface area contributed by atoms with Gasteiger partial charge in [0.05, 0.1) is 0 Å². The molecule has 1 aromatic rings. The Bertz CT molecular complexity index is 546. The van der Waals surface area contributed by atoms with E-state index in [1.165, 1.54) is 6.08 Å². The number of carbonyl (C=O) groups excluding carboxylic acids is 2. The molecule has 1 aliphatic carbocycles. The fourth-order valence-corrected chi connectivity index (χ4v) is 2.79. The quantitative estimate of drug-likeness (QED) is 0.821. The maximum absolute atomic E-state index is 12.2. The Hall–Kier alpha value is -2.10. The van der Waals surface area contributed by atoms with Crippen molar-refractivity contribution in [3.8, 4) is 0 Å². The minimum absolute atomic E-state index is 0.106. The van der Waals surface area contributed by atoms with Crippen LogP contribution in [0.5, 0.6) is 0 Å². The van der Waals surface area contributed by atoms with Crippen molar-refractivity contribution in [1.82, 2.24) is 10.6 Å². The SMILES string of the molecule is CC1CCC(NC(=O)C(C)NC(=O)/C=C/c2ccccc2)CC1. The van der Waals surface area contributed by atoms with Crippen LogP contribution in [0.25, 0.3) is 6.08 Å². The molecule has 1 atom stereocenters. The van der Waals surface area contributed by atoms with Crippen LogP contribution in [0.1, 0.15) is 45.1 Å². The fraction of sp³-hybridized carbons (Fsp3) is 0.474. The molecule has 0 heterocycles. The Kier molecular flexibility index (Phi) is 6.39. The number of amides is 2. The highest BCUT2D eigenvalue weighted by Crippen LogP contribution is 2.23. The van der Waals surface area contributed by atoms with Crippen molar-refractivity contribution < 1.29 is 9.59 Å². The van der Waals surface area contributed by atoms with Crippen LogP contribution in [-0.2, 0) is 9.59 Å². The maximum Gasteiger partial charge on any atom is 0.244 e. The molecule has 2 N–H and O–H groups in total. The molecule has 1 unspecified atom stereocenters. The molecule has 0 bridgehead atoms. The van der Waals surface area contributed by atoms with Gasteiger partial charge in [0, 0.05) is 12.1 Å². The average Bonchev–Trinajstić information content (AvgIpc) is 2.56. The first-order chi connectivity index (χ1) is 11.0. The lowest BCUT2D eigenvalue weighted by Crippen LogP contribution is -2.48. The molecular formula is C19H26N2O2. The van der Waals surface area contributed by atoms with E-state index in [0.717, 1.165) is 37.2 Å². The van der Waals surface area contributed by atoms with Gasteiger partial charge >= 0.3 is 0 Å². The summed E-state index contributed by atoms with van der Waals surface area (Å²) in [6, 6.07) is 9.32. The standard InChI is InChI=1S/C19H26N2O2/c1-14-8-11-17(12-9-14)21-19(23)15(2)20-18(22)13-10-16-6-4-3-5-7-16/h3-7,10,13-15,17H,8-9,11-12H2,1-2H3,(H,20,22)(H,21,23)/b13-10+. The van der Waals surface area contributed by atoms with E-state index in [-0.39, 0.29) is 17.9 Å². The van der Waals surface area contributed by atoms with Crippen LogP contribution < -0.4 is 10.6 Å². The Morgan fingerprint density at radius 2 is 1.78 bits per heavy atom. The van der Waals surface area contributed by atoms with Crippen LogP contribution in [0, 0.1) is 5.92 Å². The Balaban J connectivity index is 1.76. The van der Waals surface area contributed by atoms with Gasteiger partial charge < -0.3 is 10.6 Å². The fourth-order valence-electron chi connectivity index (χ4n) is 2.79. The molecular weight excluding hydrogens is 288 g/mol. The molecule has 1 aliphatic rings. The summed E-state index contributed by atoms with van der Waals surface area (Å²) in [7, 11) is 0. The van der Waals surface area contributed by atoms with E-state index < -0.39 is 6.04 Å². The smallest absolute Gasteiger partial charge is 0.244 e. The third-order valence-electron chi connectivity index (χ3n) is 4.34. The lowest BCUT2D eigenvalue weighted by atomic mass is 9.87. The van der Waals surface area contributed by atoms with Crippen LogP contribution in [0.4, 0.5) is 0 Å². The van der Waals surface area contributed by atoms with Crippen molar-refractivity contribution in [1.29, 1.82) is 0 Å². The molecule has 4 heteroatoms. The minimum atomic E-state index is -0.526.